The van der Waals surface area contributed by atoms with Crippen molar-refractivity contribution in [3.63, 3.8) is 0 Å². The third-order valence-electron chi connectivity index (χ3n) is 2.76. The summed E-state index contributed by atoms with van der Waals surface area (Å²) in [5.41, 5.74) is 2.82. The maximum atomic E-state index is 10.8. The van der Waals surface area contributed by atoms with Crippen LogP contribution in [0.5, 0.6) is 0 Å². The minimum absolute atomic E-state index is 0.179. The number of hydrogen-bond donors (Lipinski definition) is 1. The van der Waals surface area contributed by atoms with Crippen molar-refractivity contribution in [2.24, 2.45) is 5.92 Å². The van der Waals surface area contributed by atoms with Gasteiger partial charge in [-0.3, -0.25) is 9.69 Å². The Morgan fingerprint density at radius 3 is 2.75 bits per heavy atom. The molecule has 0 aliphatic rings. The van der Waals surface area contributed by atoms with Gasteiger partial charge in [0.25, 0.3) is 0 Å². The molecule has 1 N–H and O–H groups in total. The first-order valence-electron chi connectivity index (χ1n) is 5.41. The first kappa shape index (κ1) is 13.1. The predicted molar refractivity (Wildman–Crippen MR) is 64.6 cm³/mol. The van der Waals surface area contributed by atoms with E-state index < -0.39 is 5.97 Å². The Kier molecular flexibility index (Phi) is 4.89. The Morgan fingerprint density at radius 1 is 1.62 bits per heavy atom. The normalized spacial score (nSPS) is 15.0. The molecule has 0 fully saturated rings. The van der Waals surface area contributed by atoms with Crippen LogP contribution in [0.15, 0.2) is 10.9 Å². The molecule has 0 amide bonds. The lowest BCUT2D eigenvalue weighted by atomic mass is 10.1. The van der Waals surface area contributed by atoms with Gasteiger partial charge < -0.3 is 5.11 Å². The van der Waals surface area contributed by atoms with Gasteiger partial charge in [0, 0.05) is 11.9 Å². The van der Waals surface area contributed by atoms with E-state index in [1.54, 1.807) is 23.8 Å². The molecule has 2 unspecified atom stereocenters. The van der Waals surface area contributed by atoms with Gasteiger partial charge in [0.15, 0.2) is 0 Å². The lowest BCUT2D eigenvalue weighted by molar-refractivity contribution is -0.141. The van der Waals surface area contributed by atoms with E-state index in [0.29, 0.717) is 6.54 Å². The Hall–Kier alpha value is -0.940. The summed E-state index contributed by atoms with van der Waals surface area (Å²) in [5, 5.41) is 10.9. The van der Waals surface area contributed by atoms with E-state index in [1.165, 1.54) is 0 Å². The minimum Gasteiger partial charge on any atom is -0.481 e. The molecule has 2 atom stereocenters. The van der Waals surface area contributed by atoms with Crippen molar-refractivity contribution in [3.8, 4) is 0 Å². The molecule has 0 saturated carbocycles. The van der Waals surface area contributed by atoms with Crippen molar-refractivity contribution in [1.29, 1.82) is 0 Å². The molecule has 0 aliphatic heterocycles. The van der Waals surface area contributed by atoms with Crippen LogP contribution in [-0.2, 0) is 4.79 Å². The second-order valence-electron chi connectivity index (χ2n) is 3.92. The van der Waals surface area contributed by atoms with Gasteiger partial charge in [-0.25, -0.2) is 4.98 Å². The lowest BCUT2D eigenvalue weighted by Crippen LogP contribution is -2.34. The summed E-state index contributed by atoms with van der Waals surface area (Å²) >= 11 is 1.57. The number of thiazole rings is 1. The molecule has 1 rings (SSSR count). The van der Waals surface area contributed by atoms with Gasteiger partial charge in [-0.1, -0.05) is 13.8 Å². The summed E-state index contributed by atoms with van der Waals surface area (Å²) in [6, 6.07) is 0.179. The average molecular weight is 242 g/mol. The highest BCUT2D eigenvalue weighted by Gasteiger charge is 2.21. The highest BCUT2D eigenvalue weighted by molar-refractivity contribution is 7.07. The van der Waals surface area contributed by atoms with Crippen LogP contribution in [0, 0.1) is 5.92 Å². The number of aromatic nitrogens is 1. The number of carboxylic acids is 1. The van der Waals surface area contributed by atoms with E-state index in [9.17, 15) is 4.79 Å². The molecular weight excluding hydrogens is 224 g/mol. The zero-order valence-electron chi connectivity index (χ0n) is 9.88. The number of carboxylic acid groups (broad SMARTS) is 1. The van der Waals surface area contributed by atoms with E-state index in [2.05, 4.69) is 16.8 Å². The summed E-state index contributed by atoms with van der Waals surface area (Å²) in [6.45, 7) is 7.23. The fourth-order valence-corrected chi connectivity index (χ4v) is 2.25. The quantitative estimate of drug-likeness (QED) is 0.831. The number of hydrogen-bond acceptors (Lipinski definition) is 4. The van der Waals surface area contributed by atoms with Crippen molar-refractivity contribution < 1.29 is 9.90 Å². The number of rotatable bonds is 6. The summed E-state index contributed by atoms with van der Waals surface area (Å²) in [7, 11) is 0. The number of carbonyl (C=O) groups is 1. The topological polar surface area (TPSA) is 53.4 Å². The first-order valence-corrected chi connectivity index (χ1v) is 6.35. The molecule has 1 aromatic heterocycles. The van der Waals surface area contributed by atoms with Gasteiger partial charge in [0.05, 0.1) is 23.2 Å². The van der Waals surface area contributed by atoms with Gasteiger partial charge in [0.1, 0.15) is 0 Å². The van der Waals surface area contributed by atoms with Crippen LogP contribution in [0.3, 0.4) is 0 Å². The largest absolute Gasteiger partial charge is 0.481 e. The molecule has 0 saturated heterocycles. The van der Waals surface area contributed by atoms with E-state index in [4.69, 9.17) is 5.11 Å². The molecule has 5 heteroatoms. The smallest absolute Gasteiger partial charge is 0.307 e. The van der Waals surface area contributed by atoms with Crippen molar-refractivity contribution in [2.45, 2.75) is 26.8 Å². The highest BCUT2D eigenvalue weighted by atomic mass is 32.1. The third-order valence-corrected chi connectivity index (χ3v) is 3.37. The molecule has 90 valence electrons. The SMILES string of the molecule is CCN(CC(C)C(=O)O)C(C)c1cscn1. The molecule has 0 aliphatic carbocycles. The fourth-order valence-electron chi connectivity index (χ4n) is 1.61. The van der Waals surface area contributed by atoms with Crippen molar-refractivity contribution >= 4 is 17.3 Å². The maximum absolute atomic E-state index is 10.8. The van der Waals surface area contributed by atoms with Crippen LogP contribution in [0.1, 0.15) is 32.5 Å². The van der Waals surface area contributed by atoms with Crippen LogP contribution in [0.4, 0.5) is 0 Å². The maximum Gasteiger partial charge on any atom is 0.307 e. The molecule has 4 nitrogen and oxygen atoms in total. The third kappa shape index (κ3) is 3.28. The van der Waals surface area contributed by atoms with Gasteiger partial charge in [-0.2, -0.15) is 0 Å². The van der Waals surface area contributed by atoms with Crippen LogP contribution >= 0.6 is 11.3 Å². The fraction of sp³-hybridized carbons (Fsp3) is 0.636. The zero-order chi connectivity index (χ0) is 12.1. The van der Waals surface area contributed by atoms with E-state index >= 15 is 0 Å². The molecular formula is C11H18N2O2S. The molecule has 0 bridgehead atoms. The minimum atomic E-state index is -0.746. The second-order valence-corrected chi connectivity index (χ2v) is 4.63. The van der Waals surface area contributed by atoms with E-state index in [1.807, 2.05) is 12.3 Å². The van der Waals surface area contributed by atoms with Gasteiger partial charge in [-0.05, 0) is 13.5 Å². The number of nitrogens with zero attached hydrogens (tertiary/aromatic N) is 2. The van der Waals surface area contributed by atoms with E-state index in [-0.39, 0.29) is 12.0 Å². The lowest BCUT2D eigenvalue weighted by Gasteiger charge is -2.28. The van der Waals surface area contributed by atoms with Crippen LogP contribution in [-0.4, -0.2) is 34.0 Å². The molecule has 0 aromatic carbocycles. The monoisotopic (exact) mass is 242 g/mol. The van der Waals surface area contributed by atoms with Gasteiger partial charge in [0.2, 0.25) is 0 Å². The molecule has 0 radical (unpaired) electrons. The Balaban J connectivity index is 2.64. The van der Waals surface area contributed by atoms with Gasteiger partial charge >= 0.3 is 5.97 Å². The highest BCUT2D eigenvalue weighted by Crippen LogP contribution is 2.20. The number of aliphatic carboxylic acids is 1. The Labute approximate surface area is 99.9 Å². The molecule has 1 aromatic rings. The molecule has 16 heavy (non-hydrogen) atoms. The first-order chi connectivity index (χ1) is 7.56. The van der Waals surface area contributed by atoms with Crippen molar-refractivity contribution in [2.75, 3.05) is 13.1 Å². The summed E-state index contributed by atoms with van der Waals surface area (Å²) in [6.07, 6.45) is 0. The van der Waals surface area contributed by atoms with Crippen LogP contribution in [0.25, 0.3) is 0 Å². The van der Waals surface area contributed by atoms with Gasteiger partial charge in [-0.15, -0.1) is 11.3 Å². The zero-order valence-corrected chi connectivity index (χ0v) is 10.7. The Bertz CT molecular complexity index is 327. The summed E-state index contributed by atoms with van der Waals surface area (Å²) < 4.78 is 0. The summed E-state index contributed by atoms with van der Waals surface area (Å²) in [4.78, 5) is 17.2. The average Bonchev–Trinajstić information content (AvgIpc) is 2.77. The predicted octanol–water partition coefficient (Wildman–Crippen LogP) is 2.25. The molecule has 0 spiro atoms. The van der Waals surface area contributed by atoms with Crippen LogP contribution in [0.2, 0.25) is 0 Å². The van der Waals surface area contributed by atoms with Crippen molar-refractivity contribution in [3.05, 3.63) is 16.6 Å². The molecule has 1 heterocycles. The second kappa shape index (κ2) is 5.96. The van der Waals surface area contributed by atoms with Crippen LogP contribution < -0.4 is 0 Å². The Morgan fingerprint density at radius 2 is 2.31 bits per heavy atom. The van der Waals surface area contributed by atoms with E-state index in [0.717, 1.165) is 12.2 Å². The standard InChI is InChI=1S/C11H18N2O2S/c1-4-13(5-8(2)11(14)15)9(3)10-6-16-7-12-10/h6-9H,4-5H2,1-3H3,(H,14,15). The van der Waals surface area contributed by atoms with Crippen molar-refractivity contribution in [1.82, 2.24) is 9.88 Å². The summed E-state index contributed by atoms with van der Waals surface area (Å²) in [5.74, 6) is -1.09.